The van der Waals surface area contributed by atoms with Crippen LogP contribution in [-0.4, -0.2) is 92.4 Å². The van der Waals surface area contributed by atoms with Crippen LogP contribution in [0, 0.1) is 0 Å². The molecule has 13 nitrogen and oxygen atoms in total. The van der Waals surface area contributed by atoms with Gasteiger partial charge in [0.25, 0.3) is 0 Å². The van der Waals surface area contributed by atoms with E-state index in [1.54, 1.807) is 18.2 Å². The van der Waals surface area contributed by atoms with E-state index in [1.165, 1.54) is 17.0 Å². The summed E-state index contributed by atoms with van der Waals surface area (Å²) in [5.74, 6) is -4.38. The van der Waals surface area contributed by atoms with E-state index in [0.717, 1.165) is 4.90 Å². The van der Waals surface area contributed by atoms with Gasteiger partial charge in [0.1, 0.15) is 6.04 Å². The highest BCUT2D eigenvalue weighted by Gasteiger charge is 2.74. The third kappa shape index (κ3) is 2.96. The van der Waals surface area contributed by atoms with Crippen LogP contribution >= 0.6 is 0 Å². The van der Waals surface area contributed by atoms with Crippen molar-refractivity contribution in [3.63, 3.8) is 0 Å². The number of rotatable bonds is 4. The first kappa shape index (κ1) is 21.2. The van der Waals surface area contributed by atoms with Crippen molar-refractivity contribution in [1.82, 2.24) is 15.1 Å². The Balaban J connectivity index is 1.48. The molecule has 7 N–H and O–H groups in total. The molecule has 5 rings (SSSR count). The van der Waals surface area contributed by atoms with Crippen molar-refractivity contribution in [2.45, 2.75) is 42.5 Å². The maximum absolute atomic E-state index is 12.6. The minimum atomic E-state index is -2.70. The van der Waals surface area contributed by atoms with E-state index in [1.807, 2.05) is 0 Å². The van der Waals surface area contributed by atoms with E-state index in [0.29, 0.717) is 0 Å². The average molecular weight is 457 g/mol. The Morgan fingerprint density at radius 1 is 1.15 bits per heavy atom. The Morgan fingerprint density at radius 3 is 2.48 bits per heavy atom. The number of likely N-dealkylation sites (tertiary alicyclic amines) is 1. The van der Waals surface area contributed by atoms with Crippen LogP contribution in [0.1, 0.15) is 23.2 Å². The number of carbonyl (C=O) groups is 3. The normalized spacial score (nSPS) is 32.1. The van der Waals surface area contributed by atoms with Crippen LogP contribution in [0.2, 0.25) is 0 Å². The van der Waals surface area contributed by atoms with Gasteiger partial charge in [0.15, 0.2) is 23.7 Å². The molecule has 2 fully saturated rings. The number of nitrogens with one attached hydrogen (secondary N) is 1. The van der Waals surface area contributed by atoms with Gasteiger partial charge in [-0.05, 0) is 12.1 Å². The summed E-state index contributed by atoms with van der Waals surface area (Å²) in [7, 11) is 0. The summed E-state index contributed by atoms with van der Waals surface area (Å²) in [5.41, 5.74) is 10.5. The highest BCUT2D eigenvalue weighted by Crippen LogP contribution is 2.46. The lowest BCUT2D eigenvalue weighted by molar-refractivity contribution is -0.256. The van der Waals surface area contributed by atoms with Gasteiger partial charge >= 0.3 is 5.97 Å². The monoisotopic (exact) mass is 457 g/mol. The van der Waals surface area contributed by atoms with Crippen molar-refractivity contribution < 1.29 is 29.3 Å². The second kappa shape index (κ2) is 7.15. The van der Waals surface area contributed by atoms with Crippen LogP contribution in [0.25, 0.3) is 0 Å². The van der Waals surface area contributed by atoms with Gasteiger partial charge in [-0.25, -0.2) is 14.8 Å². The first-order chi connectivity index (χ1) is 15.6. The molecule has 4 aliphatic heterocycles. The molecule has 13 heteroatoms. The molecular formula is C20H23N7O6. The van der Waals surface area contributed by atoms with Crippen molar-refractivity contribution in [3.05, 3.63) is 35.9 Å². The highest BCUT2D eigenvalue weighted by molar-refractivity contribution is 6.02. The smallest absolute Gasteiger partial charge is 0.338 e. The number of guanidine groups is 2. The quantitative estimate of drug-likeness (QED) is 0.177. The van der Waals surface area contributed by atoms with Gasteiger partial charge in [-0.1, -0.05) is 18.2 Å². The Morgan fingerprint density at radius 2 is 1.82 bits per heavy atom. The van der Waals surface area contributed by atoms with E-state index < -0.39 is 35.6 Å². The van der Waals surface area contributed by atoms with E-state index in [9.17, 15) is 24.6 Å². The summed E-state index contributed by atoms with van der Waals surface area (Å²) >= 11 is 0. The predicted molar refractivity (Wildman–Crippen MR) is 112 cm³/mol. The number of hydrogen-bond donors (Lipinski definition) is 5. The van der Waals surface area contributed by atoms with Crippen LogP contribution in [0.15, 0.2) is 40.3 Å². The van der Waals surface area contributed by atoms with Crippen LogP contribution in [0.5, 0.6) is 0 Å². The molecule has 174 valence electrons. The molecule has 4 aliphatic rings. The third-order valence-electron chi connectivity index (χ3n) is 6.53. The van der Waals surface area contributed by atoms with Gasteiger partial charge in [-0.15, -0.1) is 0 Å². The molecule has 1 aromatic carbocycles. The van der Waals surface area contributed by atoms with Crippen LogP contribution in [-0.2, 0) is 14.3 Å². The van der Waals surface area contributed by atoms with Crippen molar-refractivity contribution in [2.24, 2.45) is 21.5 Å². The number of aliphatic imine (C=N–C) groups is 2. The second-order valence-electron chi connectivity index (χ2n) is 8.40. The van der Waals surface area contributed by atoms with Crippen LogP contribution in [0.4, 0.5) is 0 Å². The zero-order valence-corrected chi connectivity index (χ0v) is 17.4. The molecule has 0 aliphatic carbocycles. The lowest BCUT2D eigenvalue weighted by Gasteiger charge is -2.48. The van der Waals surface area contributed by atoms with Gasteiger partial charge in [0.2, 0.25) is 17.6 Å². The van der Waals surface area contributed by atoms with Gasteiger partial charge in [0.05, 0.1) is 24.7 Å². The van der Waals surface area contributed by atoms with E-state index in [4.69, 9.17) is 16.2 Å². The van der Waals surface area contributed by atoms with Crippen molar-refractivity contribution in [2.75, 3.05) is 13.1 Å². The number of ether oxygens (including phenoxy) is 1. The van der Waals surface area contributed by atoms with Crippen LogP contribution < -0.4 is 16.8 Å². The summed E-state index contributed by atoms with van der Waals surface area (Å²) in [6.45, 7) is -0.358. The molecule has 0 aromatic heterocycles. The first-order valence-corrected chi connectivity index (χ1v) is 10.4. The molecule has 0 bridgehead atoms. The topological polar surface area (TPSA) is 196 Å². The fourth-order valence-electron chi connectivity index (χ4n) is 4.96. The minimum Gasteiger partial charge on any atom is -0.451 e. The number of imide groups is 1. The molecule has 4 heterocycles. The zero-order chi connectivity index (χ0) is 23.5. The Hall–Kier alpha value is -3.71. The largest absolute Gasteiger partial charge is 0.451 e. The summed E-state index contributed by atoms with van der Waals surface area (Å²) < 4.78 is 5.45. The molecule has 2 amide bonds. The molecule has 0 unspecified atom stereocenters. The number of carbonyl (C=O) groups excluding carboxylic acids is 3. The predicted octanol–water partition coefficient (Wildman–Crippen LogP) is -2.96. The number of benzene rings is 1. The molecule has 0 radical (unpaired) electrons. The maximum Gasteiger partial charge on any atom is 0.338 e. The lowest BCUT2D eigenvalue weighted by atomic mass is 9.85. The average Bonchev–Trinajstić information content (AvgIpc) is 3.37. The van der Waals surface area contributed by atoms with E-state index in [2.05, 4.69) is 15.3 Å². The van der Waals surface area contributed by atoms with E-state index in [-0.39, 0.29) is 55.2 Å². The summed E-state index contributed by atoms with van der Waals surface area (Å²) in [6, 6.07) is 6.16. The Bertz CT molecular complexity index is 1070. The van der Waals surface area contributed by atoms with Crippen molar-refractivity contribution in [1.29, 1.82) is 0 Å². The fraction of sp³-hybridized carbons (Fsp3) is 0.450. The number of aliphatic hydroxyl groups is 2. The van der Waals surface area contributed by atoms with Crippen LogP contribution in [0.3, 0.4) is 0 Å². The van der Waals surface area contributed by atoms with Crippen molar-refractivity contribution in [3.8, 4) is 0 Å². The molecule has 1 aromatic rings. The molecular weight excluding hydrogens is 434 g/mol. The summed E-state index contributed by atoms with van der Waals surface area (Å²) in [4.78, 5) is 48.0. The van der Waals surface area contributed by atoms with Gasteiger partial charge in [-0.2, -0.15) is 0 Å². The SMILES string of the molecule is NC1=N[C@H]2[C@H](CN3C(=O)CCC3=O)N=C(N)N3C[C@H](OC(=O)c4ccccc4)C(O)(O)[C@]23N1. The number of nitrogens with two attached hydrogens (primary N) is 2. The number of hydrogen-bond acceptors (Lipinski definition) is 12. The van der Waals surface area contributed by atoms with E-state index >= 15 is 0 Å². The second-order valence-corrected chi connectivity index (χ2v) is 8.40. The number of amides is 2. The molecule has 33 heavy (non-hydrogen) atoms. The fourth-order valence-corrected chi connectivity index (χ4v) is 4.96. The molecule has 4 atom stereocenters. The standard InChI is InChI=1S/C20H23N7O6/c21-17-24-15-11(8-26-13(28)6-7-14(26)29)23-18(22)27-9-12(20(31,32)19(15,27)25-17)33-16(30)10-4-2-1-3-5-10/h1-5,11-12,15,31-32H,6-9H2,(H2,22,23)(H3,21,24,25)/t11-,12-,15-,19-/m0/s1. The van der Waals surface area contributed by atoms with Gasteiger partial charge in [-0.3, -0.25) is 14.5 Å². The summed E-state index contributed by atoms with van der Waals surface area (Å²) in [5, 5.41) is 25.4. The lowest BCUT2D eigenvalue weighted by Crippen LogP contribution is -2.77. The molecule has 1 spiro atoms. The molecule has 0 saturated carbocycles. The van der Waals surface area contributed by atoms with Crippen molar-refractivity contribution >= 4 is 29.7 Å². The number of esters is 1. The zero-order valence-electron chi connectivity index (χ0n) is 17.4. The first-order valence-electron chi connectivity index (χ1n) is 10.4. The van der Waals surface area contributed by atoms with Gasteiger partial charge < -0.3 is 36.6 Å². The Labute approximate surface area is 187 Å². The maximum atomic E-state index is 12.6. The summed E-state index contributed by atoms with van der Waals surface area (Å²) in [6.07, 6.45) is -1.25. The van der Waals surface area contributed by atoms with Gasteiger partial charge in [0, 0.05) is 12.8 Å². The minimum absolute atomic E-state index is 0.0950. The molecule has 2 saturated heterocycles. The number of nitrogens with zero attached hydrogens (tertiary/aromatic N) is 4. The highest BCUT2D eigenvalue weighted by atomic mass is 16.6. The Kier molecular flexibility index (Phi) is 4.58. The third-order valence-corrected chi connectivity index (χ3v) is 6.53.